The highest BCUT2D eigenvalue weighted by Gasteiger charge is 2.70. The van der Waals surface area contributed by atoms with Crippen LogP contribution in [-0.2, 0) is 75.8 Å². The molecule has 0 aromatic heterocycles. The topological polar surface area (TPSA) is 216 Å². The Bertz CT molecular complexity index is 2340. The lowest BCUT2D eigenvalue weighted by atomic mass is 9.79. The average molecular weight is 1110 g/mol. The van der Waals surface area contributed by atoms with Crippen LogP contribution in [0.4, 0.5) is 0 Å². The Balaban J connectivity index is 0.655. The molecule has 16 aliphatic rings. The van der Waals surface area contributed by atoms with Gasteiger partial charge in [-0.3, -0.25) is 4.79 Å². The van der Waals surface area contributed by atoms with Crippen molar-refractivity contribution in [2.75, 3.05) is 6.61 Å². The van der Waals surface area contributed by atoms with Gasteiger partial charge in [-0.05, 0) is 73.8 Å². The molecule has 0 aliphatic carbocycles. The lowest BCUT2D eigenvalue weighted by Gasteiger charge is -2.50. The quantitative estimate of drug-likeness (QED) is 0.251. The van der Waals surface area contributed by atoms with Crippen molar-refractivity contribution in [2.24, 2.45) is 23.7 Å². The molecule has 12 bridgehead atoms. The molecule has 0 saturated carbocycles. The first-order chi connectivity index (χ1) is 38.0. The monoisotopic (exact) mass is 1110 g/mol. The number of hydrogen-bond acceptors (Lipinski definition) is 19. The van der Waals surface area contributed by atoms with Crippen molar-refractivity contribution in [1.82, 2.24) is 0 Å². The van der Waals surface area contributed by atoms with Gasteiger partial charge in [-0.15, -0.1) is 0 Å². The number of fused-ring (bicyclic) bond motifs is 10. The molecule has 19 heteroatoms. The van der Waals surface area contributed by atoms with E-state index in [4.69, 9.17) is 71.1 Å². The number of carbonyl (C=O) groups is 1. The first kappa shape index (κ1) is 54.0. The van der Waals surface area contributed by atoms with Gasteiger partial charge in [-0.1, -0.05) is 40.9 Å². The van der Waals surface area contributed by atoms with Gasteiger partial charge in [0.15, 0.2) is 17.4 Å². The Morgan fingerprint density at radius 1 is 0.506 bits per heavy atom. The third kappa shape index (κ3) is 9.43. The summed E-state index contributed by atoms with van der Waals surface area (Å²) >= 11 is 0. The second-order valence-electron chi connectivity index (χ2n) is 27.5. The molecule has 0 aromatic rings. The molecule has 16 aliphatic heterocycles. The molecule has 32 unspecified atom stereocenters. The van der Waals surface area contributed by atoms with Gasteiger partial charge in [0, 0.05) is 70.1 Å². The van der Waals surface area contributed by atoms with Crippen LogP contribution in [0.5, 0.6) is 0 Å². The van der Waals surface area contributed by atoms with E-state index < -0.39 is 72.8 Å². The second kappa shape index (κ2) is 20.2. The number of aliphatic hydroxyl groups excluding tert-OH is 3. The van der Waals surface area contributed by atoms with Crippen LogP contribution in [0, 0.1) is 23.7 Å². The molecule has 0 aromatic carbocycles. The van der Waals surface area contributed by atoms with Crippen LogP contribution in [0.15, 0.2) is 24.3 Å². The maximum Gasteiger partial charge on any atom is 0.308 e. The summed E-state index contributed by atoms with van der Waals surface area (Å²) in [5.41, 5.74) is 2.15. The summed E-state index contributed by atoms with van der Waals surface area (Å²) in [5, 5.41) is 30.3. The highest BCUT2D eigenvalue weighted by atomic mass is 16.8. The highest BCUT2D eigenvalue weighted by Crippen LogP contribution is 2.58. The summed E-state index contributed by atoms with van der Waals surface area (Å²) in [6, 6.07) is 0. The lowest BCUT2D eigenvalue weighted by Crippen LogP contribution is -2.62. The van der Waals surface area contributed by atoms with Crippen molar-refractivity contribution in [1.29, 1.82) is 0 Å². The fourth-order valence-corrected chi connectivity index (χ4v) is 18.2. The predicted molar refractivity (Wildman–Crippen MR) is 274 cm³/mol. The third-order valence-electron chi connectivity index (χ3n) is 21.9. The molecule has 0 radical (unpaired) electrons. The van der Waals surface area contributed by atoms with Crippen LogP contribution >= 0.6 is 0 Å². The summed E-state index contributed by atoms with van der Waals surface area (Å²) in [5.74, 6) is -2.77. The van der Waals surface area contributed by atoms with Crippen molar-refractivity contribution in [3.8, 4) is 0 Å². The molecule has 79 heavy (non-hydrogen) atoms. The highest BCUT2D eigenvalue weighted by molar-refractivity contribution is 5.70. The zero-order chi connectivity index (χ0) is 54.0. The molecular weight excluding hydrogens is 1020 g/mol. The fourth-order valence-electron chi connectivity index (χ4n) is 18.2. The van der Waals surface area contributed by atoms with Crippen molar-refractivity contribution in [3.05, 3.63) is 24.3 Å². The Kier molecular flexibility index (Phi) is 13.8. The van der Waals surface area contributed by atoms with Gasteiger partial charge in [-0.2, -0.15) is 0 Å². The molecule has 19 nitrogen and oxygen atoms in total. The third-order valence-corrected chi connectivity index (χ3v) is 21.9. The zero-order valence-electron chi connectivity index (χ0n) is 46.5. The smallest absolute Gasteiger partial charge is 0.308 e. The summed E-state index contributed by atoms with van der Waals surface area (Å²) in [7, 11) is 0. The maximum atomic E-state index is 14.6. The second-order valence-corrected chi connectivity index (χ2v) is 27.5. The number of esters is 1. The van der Waals surface area contributed by atoms with E-state index in [1.54, 1.807) is 0 Å². The molecule has 3 N–H and O–H groups in total. The lowest BCUT2D eigenvalue weighted by molar-refractivity contribution is -0.347. The Morgan fingerprint density at radius 2 is 1.18 bits per heavy atom. The Morgan fingerprint density at radius 3 is 2.03 bits per heavy atom. The minimum Gasteiger partial charge on any atom is -0.459 e. The minimum absolute atomic E-state index is 0.0143. The Labute approximate surface area is 463 Å². The summed E-state index contributed by atoms with van der Waals surface area (Å²) in [4.78, 5) is 14.6. The molecular formula is C60H86O19. The van der Waals surface area contributed by atoms with Crippen LogP contribution in [0.25, 0.3) is 0 Å². The van der Waals surface area contributed by atoms with Gasteiger partial charge < -0.3 is 86.4 Å². The molecule has 3 spiro atoms. The fraction of sp³-hybridized carbons (Fsp3) is 0.917. The summed E-state index contributed by atoms with van der Waals surface area (Å²) in [6.07, 6.45) is 2.17. The molecule has 16 fully saturated rings. The number of carbonyl (C=O) groups excluding carboxylic acids is 1. The average Bonchev–Trinajstić information content (AvgIpc) is 4.40. The first-order valence-corrected chi connectivity index (χ1v) is 30.8. The molecule has 0 amide bonds. The van der Waals surface area contributed by atoms with E-state index in [1.807, 2.05) is 0 Å². The minimum atomic E-state index is -1.02. The molecule has 16 rings (SSSR count). The van der Waals surface area contributed by atoms with Crippen LogP contribution < -0.4 is 0 Å². The predicted octanol–water partition coefficient (Wildman–Crippen LogP) is 4.93. The van der Waals surface area contributed by atoms with Gasteiger partial charge in [0.1, 0.15) is 36.6 Å². The standard InChI is InChI=1S/C60H86O19/c1-26-13-33-7-9-37-27(2)14-35(65-37)11-12-58-23-46-54(78-58)55-56(72-46)57(79-58)53-38(69-55)10-8-34(67-53)16-48(64)73-52-31(6)51-43(68-42(52)17-39(66-33)30(26)5)19-41-45(71-51)22-60(74-41)24-47-50(77-60)29(4)21-59(76-47)20-28(3)49-44(75-59)18-40(70-49)36(63)15-32(62)25-61/h26,28-29,31-47,49-57,61-63H,2,5,7-25H2,1,3-4,6H3. The van der Waals surface area contributed by atoms with Gasteiger partial charge >= 0.3 is 5.97 Å². The van der Waals surface area contributed by atoms with E-state index in [2.05, 4.69) is 40.9 Å². The zero-order valence-corrected chi connectivity index (χ0v) is 46.5. The number of hydrogen-bond donors (Lipinski definition) is 3. The van der Waals surface area contributed by atoms with Gasteiger partial charge in [0.25, 0.3) is 0 Å². The van der Waals surface area contributed by atoms with Gasteiger partial charge in [0.2, 0.25) is 0 Å². The van der Waals surface area contributed by atoms with E-state index in [0.29, 0.717) is 64.2 Å². The SMILES string of the molecule is C=C1CC2CCC34CC5OC6C(OC7CCC(CC(=O)OC8C(CC9OC(CCC1O2)CC(C)C9=C)OC1CC2OC9(CC2OC1C8C)CC1OC2(CC(C)C8OC(C(O)CC(O)CO)CC8O2)CC(C)C1O9)OC7C6O3)C5O4. The van der Waals surface area contributed by atoms with Crippen LogP contribution in [0.1, 0.15) is 143 Å². The number of rotatable bonds is 4. The van der Waals surface area contributed by atoms with E-state index in [9.17, 15) is 20.1 Å². The van der Waals surface area contributed by atoms with Crippen molar-refractivity contribution >= 4 is 5.97 Å². The van der Waals surface area contributed by atoms with Crippen LogP contribution in [0.3, 0.4) is 0 Å². The van der Waals surface area contributed by atoms with Crippen molar-refractivity contribution in [2.45, 2.75) is 313 Å². The normalized spacial score (nSPS) is 57.2. The molecule has 440 valence electrons. The Hall–Kier alpha value is -1.73. The van der Waals surface area contributed by atoms with Gasteiger partial charge in [0.05, 0.1) is 129 Å². The number of ether oxygens (including phenoxy) is 15. The van der Waals surface area contributed by atoms with Crippen molar-refractivity contribution < 1.29 is 91.2 Å². The van der Waals surface area contributed by atoms with E-state index in [-0.39, 0.29) is 146 Å². The first-order valence-electron chi connectivity index (χ1n) is 30.8. The van der Waals surface area contributed by atoms with E-state index in [0.717, 1.165) is 49.7 Å². The summed E-state index contributed by atoms with van der Waals surface area (Å²) in [6.45, 7) is 17.4. The number of aliphatic hydroxyl groups is 3. The van der Waals surface area contributed by atoms with Gasteiger partial charge in [-0.25, -0.2) is 0 Å². The largest absolute Gasteiger partial charge is 0.459 e. The van der Waals surface area contributed by atoms with E-state index in [1.165, 1.54) is 0 Å². The van der Waals surface area contributed by atoms with Crippen molar-refractivity contribution in [3.63, 3.8) is 0 Å². The van der Waals surface area contributed by atoms with Crippen LogP contribution in [-0.4, -0.2) is 198 Å². The summed E-state index contributed by atoms with van der Waals surface area (Å²) < 4.78 is 104. The molecule has 16 heterocycles. The maximum absolute atomic E-state index is 14.6. The molecule has 32 atom stereocenters. The van der Waals surface area contributed by atoms with Crippen LogP contribution in [0.2, 0.25) is 0 Å². The molecule has 16 saturated heterocycles. The van der Waals surface area contributed by atoms with E-state index >= 15 is 0 Å².